The first-order valence-electron chi connectivity index (χ1n) is 9.66. The second-order valence-corrected chi connectivity index (χ2v) is 8.26. The summed E-state index contributed by atoms with van der Waals surface area (Å²) in [6.45, 7) is 6.66. The quantitative estimate of drug-likeness (QED) is 0.609. The van der Waals surface area contributed by atoms with Gasteiger partial charge in [0, 0.05) is 17.1 Å². The Labute approximate surface area is 155 Å². The molecule has 26 heavy (non-hydrogen) atoms. The van der Waals surface area contributed by atoms with Crippen LogP contribution in [0.15, 0.2) is 42.5 Å². The van der Waals surface area contributed by atoms with Gasteiger partial charge in [-0.25, -0.2) is 0 Å². The summed E-state index contributed by atoms with van der Waals surface area (Å²) in [7, 11) is 0. The van der Waals surface area contributed by atoms with E-state index in [1.165, 1.54) is 36.1 Å². The number of nitrogens with one attached hydrogen (secondary N) is 1. The van der Waals surface area contributed by atoms with Gasteiger partial charge in [-0.2, -0.15) is 0 Å². The summed E-state index contributed by atoms with van der Waals surface area (Å²) in [5, 5.41) is 3.63. The lowest BCUT2D eigenvalue weighted by Crippen LogP contribution is -2.29. The van der Waals surface area contributed by atoms with E-state index in [4.69, 9.17) is 4.74 Å². The maximum Gasteiger partial charge on any atom is 0.315 e. The van der Waals surface area contributed by atoms with Crippen LogP contribution in [0.4, 0.5) is 5.69 Å². The molecular weight excluding hydrogens is 322 g/mol. The topological polar surface area (TPSA) is 38.3 Å². The van der Waals surface area contributed by atoms with E-state index in [2.05, 4.69) is 50.4 Å². The second kappa shape index (κ2) is 6.46. The first kappa shape index (κ1) is 17.1. The van der Waals surface area contributed by atoms with Crippen molar-refractivity contribution in [3.05, 3.63) is 59.2 Å². The zero-order chi connectivity index (χ0) is 18.3. The lowest BCUT2D eigenvalue weighted by Gasteiger charge is -2.24. The van der Waals surface area contributed by atoms with E-state index >= 15 is 0 Å². The third-order valence-corrected chi connectivity index (χ3v) is 6.12. The molecule has 1 saturated carbocycles. The van der Waals surface area contributed by atoms with Crippen molar-refractivity contribution in [2.24, 2.45) is 0 Å². The number of carbonyl (C=O) groups excluding carboxylic acids is 1. The SMILES string of the molecule is CC(C)c1ccc(CC(=O)Oc2ccc3c(c2)[C@]2(C)CCCC2N3)cc1. The van der Waals surface area contributed by atoms with Crippen LogP contribution in [-0.4, -0.2) is 12.0 Å². The number of esters is 1. The summed E-state index contributed by atoms with van der Waals surface area (Å²) in [6.07, 6.45) is 3.96. The number of anilines is 1. The van der Waals surface area contributed by atoms with E-state index in [0.29, 0.717) is 24.1 Å². The summed E-state index contributed by atoms with van der Waals surface area (Å²) in [5.74, 6) is 0.946. The van der Waals surface area contributed by atoms with Crippen molar-refractivity contribution in [2.45, 2.75) is 63.8 Å². The summed E-state index contributed by atoms with van der Waals surface area (Å²) in [4.78, 5) is 12.4. The number of carbonyl (C=O) groups is 1. The molecule has 0 amide bonds. The van der Waals surface area contributed by atoms with E-state index in [1.54, 1.807) is 0 Å². The smallest absolute Gasteiger partial charge is 0.315 e. The van der Waals surface area contributed by atoms with Gasteiger partial charge in [0.25, 0.3) is 0 Å². The second-order valence-electron chi connectivity index (χ2n) is 8.26. The molecule has 3 nitrogen and oxygen atoms in total. The molecule has 1 fully saturated rings. The van der Waals surface area contributed by atoms with Crippen LogP contribution in [0.3, 0.4) is 0 Å². The fourth-order valence-electron chi connectivity index (χ4n) is 4.45. The first-order valence-corrected chi connectivity index (χ1v) is 9.66. The number of ether oxygens (including phenoxy) is 1. The van der Waals surface area contributed by atoms with Gasteiger partial charge in [0.1, 0.15) is 5.75 Å². The lowest BCUT2D eigenvalue weighted by molar-refractivity contribution is -0.133. The first-order chi connectivity index (χ1) is 12.5. The average Bonchev–Trinajstić information content (AvgIpc) is 3.09. The Morgan fingerprint density at radius 3 is 2.73 bits per heavy atom. The van der Waals surface area contributed by atoms with Gasteiger partial charge in [0.05, 0.1) is 6.42 Å². The molecule has 1 unspecified atom stereocenters. The number of fused-ring (bicyclic) bond motifs is 3. The highest BCUT2D eigenvalue weighted by atomic mass is 16.5. The van der Waals surface area contributed by atoms with Crippen LogP contribution in [0.1, 0.15) is 62.6 Å². The van der Waals surface area contributed by atoms with Gasteiger partial charge >= 0.3 is 5.97 Å². The van der Waals surface area contributed by atoms with Crippen LogP contribution >= 0.6 is 0 Å². The Morgan fingerprint density at radius 2 is 2.00 bits per heavy atom. The number of benzene rings is 2. The largest absolute Gasteiger partial charge is 0.426 e. The highest BCUT2D eigenvalue weighted by Gasteiger charge is 2.46. The molecule has 2 aromatic rings. The van der Waals surface area contributed by atoms with Crippen molar-refractivity contribution in [1.82, 2.24) is 0 Å². The van der Waals surface area contributed by atoms with Crippen molar-refractivity contribution in [1.29, 1.82) is 0 Å². The van der Waals surface area contributed by atoms with Crippen molar-refractivity contribution in [3.8, 4) is 5.75 Å². The van der Waals surface area contributed by atoms with Gasteiger partial charge in [-0.1, -0.05) is 51.5 Å². The minimum Gasteiger partial charge on any atom is -0.426 e. The highest BCUT2D eigenvalue weighted by Crippen LogP contribution is 2.50. The highest BCUT2D eigenvalue weighted by molar-refractivity contribution is 5.76. The predicted octanol–water partition coefficient (Wildman–Crippen LogP) is 5.19. The molecule has 0 aromatic heterocycles. The van der Waals surface area contributed by atoms with Crippen LogP contribution in [0, 0.1) is 0 Å². The van der Waals surface area contributed by atoms with Gasteiger partial charge in [-0.15, -0.1) is 0 Å². The normalized spacial score (nSPS) is 23.5. The average molecular weight is 349 g/mol. The van der Waals surface area contributed by atoms with Crippen molar-refractivity contribution in [2.75, 3.05) is 5.32 Å². The fraction of sp³-hybridized carbons (Fsp3) is 0.435. The molecule has 0 spiro atoms. The number of hydrogen-bond acceptors (Lipinski definition) is 3. The third-order valence-electron chi connectivity index (χ3n) is 6.12. The monoisotopic (exact) mass is 349 g/mol. The molecule has 4 rings (SSSR count). The van der Waals surface area contributed by atoms with Crippen molar-refractivity contribution in [3.63, 3.8) is 0 Å². The van der Waals surface area contributed by atoms with E-state index in [-0.39, 0.29) is 11.4 Å². The maximum absolute atomic E-state index is 12.4. The molecule has 136 valence electrons. The summed E-state index contributed by atoms with van der Waals surface area (Å²) in [6, 6.07) is 14.8. The molecule has 0 bridgehead atoms. The van der Waals surface area contributed by atoms with Crippen LogP contribution < -0.4 is 10.1 Å². The predicted molar refractivity (Wildman–Crippen MR) is 105 cm³/mol. The number of hydrogen-bond donors (Lipinski definition) is 1. The Morgan fingerprint density at radius 1 is 1.23 bits per heavy atom. The van der Waals surface area contributed by atoms with Gasteiger partial charge in [0.2, 0.25) is 0 Å². The van der Waals surface area contributed by atoms with Crippen molar-refractivity contribution >= 4 is 11.7 Å². The summed E-state index contributed by atoms with van der Waals surface area (Å²) < 4.78 is 5.65. The molecule has 2 aromatic carbocycles. The van der Waals surface area contributed by atoms with E-state index < -0.39 is 0 Å². The summed E-state index contributed by atoms with van der Waals surface area (Å²) >= 11 is 0. The molecule has 0 saturated heterocycles. The van der Waals surface area contributed by atoms with E-state index in [9.17, 15) is 4.79 Å². The third kappa shape index (κ3) is 3.00. The minimum absolute atomic E-state index is 0.171. The molecule has 1 aliphatic heterocycles. The van der Waals surface area contributed by atoms with Crippen molar-refractivity contribution < 1.29 is 9.53 Å². The minimum atomic E-state index is -0.207. The van der Waals surface area contributed by atoms with Crippen LogP contribution in [0.5, 0.6) is 5.75 Å². The lowest BCUT2D eigenvalue weighted by atomic mass is 9.80. The van der Waals surface area contributed by atoms with Gasteiger partial charge < -0.3 is 10.1 Å². The van der Waals surface area contributed by atoms with E-state index in [1.807, 2.05) is 18.2 Å². The Hall–Kier alpha value is -2.29. The van der Waals surface area contributed by atoms with Crippen LogP contribution in [0.25, 0.3) is 0 Å². The van der Waals surface area contributed by atoms with Crippen LogP contribution in [0.2, 0.25) is 0 Å². The Kier molecular flexibility index (Phi) is 4.26. The molecule has 2 aliphatic rings. The number of rotatable bonds is 4. The molecular formula is C23H27NO2. The maximum atomic E-state index is 12.4. The van der Waals surface area contributed by atoms with E-state index in [0.717, 1.165) is 5.56 Å². The van der Waals surface area contributed by atoms with Crippen LogP contribution in [-0.2, 0) is 16.6 Å². The van der Waals surface area contributed by atoms with Gasteiger partial charge in [0.15, 0.2) is 0 Å². The van der Waals surface area contributed by atoms with Gasteiger partial charge in [-0.3, -0.25) is 4.79 Å². The fourth-order valence-corrected chi connectivity index (χ4v) is 4.45. The summed E-state index contributed by atoms with van der Waals surface area (Å²) in [5.41, 5.74) is 4.94. The molecule has 3 heteroatoms. The molecule has 1 heterocycles. The molecule has 1 aliphatic carbocycles. The van der Waals surface area contributed by atoms with Gasteiger partial charge in [-0.05, 0) is 53.6 Å². The Bertz CT molecular complexity index is 825. The Balaban J connectivity index is 1.45. The molecule has 2 atom stereocenters. The standard InChI is InChI=1S/C23H27NO2/c1-15(2)17-8-6-16(7-9-17)13-22(25)26-18-10-11-20-19(14-18)23(3)12-4-5-21(23)24-20/h6-11,14-15,21,24H,4-5,12-13H2,1-3H3/t21?,23-/m0/s1. The zero-order valence-electron chi connectivity index (χ0n) is 15.8. The zero-order valence-corrected chi connectivity index (χ0v) is 15.8. The molecule has 0 radical (unpaired) electrons. The molecule has 1 N–H and O–H groups in total.